The second-order valence-corrected chi connectivity index (χ2v) is 13.6. The number of allylic oxidation sites excluding steroid dienone is 1. The number of unbranched alkanes of at least 4 members (excludes halogenated alkanes) is 1. The number of alkyl halides is 1. The molecule has 0 spiro atoms. The van der Waals surface area contributed by atoms with E-state index in [1.807, 2.05) is 13.8 Å². The Labute approximate surface area is 300 Å². The number of carbonyl (C=O) groups is 1. The van der Waals surface area contributed by atoms with E-state index in [-0.39, 0.29) is 17.6 Å². The Bertz CT molecular complexity index is 1550. The Morgan fingerprint density at radius 1 is 1.10 bits per heavy atom. The molecule has 1 heterocycles. The summed E-state index contributed by atoms with van der Waals surface area (Å²) in [4.78, 5) is 24.8. The SMILES string of the molecule is CCCN(C[C@H](CC#N)CCC(=O)/C=C/COC)c1nc(OC[C@H](C)C[C@@H](F)CC)nc(CC)c1CCCCc1cccc2cccc(C)c12. The van der Waals surface area contributed by atoms with Crippen LogP contribution in [0.5, 0.6) is 6.01 Å². The number of nitriles is 1. The zero-order chi connectivity index (χ0) is 36.3. The minimum Gasteiger partial charge on any atom is -0.463 e. The van der Waals surface area contributed by atoms with Crippen LogP contribution in [-0.2, 0) is 28.8 Å². The molecule has 0 saturated heterocycles. The molecule has 0 fully saturated rings. The Morgan fingerprint density at radius 2 is 1.86 bits per heavy atom. The summed E-state index contributed by atoms with van der Waals surface area (Å²) < 4.78 is 25.3. The van der Waals surface area contributed by atoms with E-state index in [0.29, 0.717) is 57.9 Å². The first-order chi connectivity index (χ1) is 24.2. The van der Waals surface area contributed by atoms with Crippen LogP contribution < -0.4 is 9.64 Å². The predicted octanol–water partition coefficient (Wildman–Crippen LogP) is 9.52. The van der Waals surface area contributed by atoms with E-state index < -0.39 is 6.17 Å². The molecule has 7 nitrogen and oxygen atoms in total. The van der Waals surface area contributed by atoms with Crippen LogP contribution in [0.2, 0.25) is 0 Å². The van der Waals surface area contributed by atoms with Gasteiger partial charge in [-0.25, -0.2) is 4.39 Å². The number of hydrogen-bond acceptors (Lipinski definition) is 7. The van der Waals surface area contributed by atoms with E-state index in [0.717, 1.165) is 62.1 Å². The number of benzene rings is 2. The molecule has 0 radical (unpaired) electrons. The number of anilines is 1. The van der Waals surface area contributed by atoms with Gasteiger partial charge in [-0.1, -0.05) is 70.2 Å². The van der Waals surface area contributed by atoms with E-state index in [2.05, 4.69) is 68.1 Å². The molecule has 3 rings (SSSR count). The van der Waals surface area contributed by atoms with Crippen LogP contribution in [0.1, 0.15) is 101 Å². The van der Waals surface area contributed by atoms with Gasteiger partial charge in [0.2, 0.25) is 0 Å². The van der Waals surface area contributed by atoms with Gasteiger partial charge < -0.3 is 14.4 Å². The lowest BCUT2D eigenvalue weighted by atomic mass is 9.95. The number of hydrogen-bond donors (Lipinski definition) is 0. The lowest BCUT2D eigenvalue weighted by Crippen LogP contribution is -2.33. The summed E-state index contributed by atoms with van der Waals surface area (Å²) in [5.74, 6) is 0.914. The number of ketones is 1. The maximum absolute atomic E-state index is 14.1. The molecule has 0 amide bonds. The van der Waals surface area contributed by atoms with Gasteiger partial charge >= 0.3 is 6.01 Å². The average Bonchev–Trinajstić information content (AvgIpc) is 3.11. The van der Waals surface area contributed by atoms with E-state index >= 15 is 0 Å². The van der Waals surface area contributed by atoms with Crippen molar-refractivity contribution >= 4 is 22.4 Å². The van der Waals surface area contributed by atoms with E-state index in [1.54, 1.807) is 19.3 Å². The highest BCUT2D eigenvalue weighted by Gasteiger charge is 2.23. The smallest absolute Gasteiger partial charge is 0.318 e. The first kappa shape index (κ1) is 40.6. The van der Waals surface area contributed by atoms with Crippen LogP contribution in [0.4, 0.5) is 10.2 Å². The standard InChI is InChI=1S/C42H59FN4O3/c1-7-26-47(29-33(24-25-44)22-23-37(48)20-14-27-49-6)41-38(39(9-3)45-42(46-41)50-30-31(4)28-36(43)8-2)21-11-10-16-34-18-13-19-35-17-12-15-32(5)40(34)35/h12-15,17-20,31,33,36H,7-11,16,21-24,26-30H2,1-6H3/b20-14+/t31-,33+,36+/m1/s1. The minimum atomic E-state index is -0.851. The average molecular weight is 687 g/mol. The van der Waals surface area contributed by atoms with Crippen LogP contribution in [0.3, 0.4) is 0 Å². The lowest BCUT2D eigenvalue weighted by molar-refractivity contribution is -0.114. The highest BCUT2D eigenvalue weighted by atomic mass is 19.1. The zero-order valence-electron chi connectivity index (χ0n) is 31.3. The predicted molar refractivity (Wildman–Crippen MR) is 203 cm³/mol. The number of methoxy groups -OCH3 is 1. The molecular weight excluding hydrogens is 627 g/mol. The van der Waals surface area contributed by atoms with E-state index in [1.165, 1.54) is 21.9 Å². The van der Waals surface area contributed by atoms with Crippen molar-refractivity contribution in [3.63, 3.8) is 0 Å². The monoisotopic (exact) mass is 686 g/mol. The van der Waals surface area contributed by atoms with Crippen molar-refractivity contribution in [3.05, 3.63) is 70.9 Å². The summed E-state index contributed by atoms with van der Waals surface area (Å²) in [5.41, 5.74) is 4.77. The van der Waals surface area contributed by atoms with Crippen LogP contribution in [0, 0.1) is 30.1 Å². The van der Waals surface area contributed by atoms with Crippen molar-refractivity contribution < 1.29 is 18.7 Å². The second-order valence-electron chi connectivity index (χ2n) is 13.6. The number of aryl methyl sites for hydroxylation is 3. The summed E-state index contributed by atoms with van der Waals surface area (Å²) in [7, 11) is 1.60. The molecule has 3 aromatic rings. The van der Waals surface area contributed by atoms with Crippen molar-refractivity contribution in [1.82, 2.24) is 9.97 Å². The van der Waals surface area contributed by atoms with Crippen LogP contribution in [0.15, 0.2) is 48.6 Å². The molecule has 0 aliphatic heterocycles. The normalized spacial score (nSPS) is 13.3. The third-order valence-corrected chi connectivity index (χ3v) is 9.32. The number of carbonyl (C=O) groups excluding carboxylic acids is 1. The largest absolute Gasteiger partial charge is 0.463 e. The van der Waals surface area contributed by atoms with Gasteiger partial charge in [0, 0.05) is 38.6 Å². The van der Waals surface area contributed by atoms with Crippen LogP contribution in [-0.4, -0.2) is 55.3 Å². The second kappa shape index (κ2) is 22.1. The quantitative estimate of drug-likeness (QED) is 0.0685. The number of ether oxygens (including phenoxy) is 2. The fourth-order valence-corrected chi connectivity index (χ4v) is 6.66. The highest BCUT2D eigenvalue weighted by molar-refractivity contribution is 5.89. The van der Waals surface area contributed by atoms with Crippen molar-refractivity contribution in [3.8, 4) is 12.1 Å². The maximum Gasteiger partial charge on any atom is 0.318 e. The molecule has 3 atom stereocenters. The molecule has 0 unspecified atom stereocenters. The molecule has 272 valence electrons. The molecule has 2 aromatic carbocycles. The van der Waals surface area contributed by atoms with E-state index in [4.69, 9.17) is 19.4 Å². The number of halogens is 1. The molecular formula is C42H59FN4O3. The summed E-state index contributed by atoms with van der Waals surface area (Å²) in [6, 6.07) is 15.7. The van der Waals surface area contributed by atoms with Crippen molar-refractivity contribution in [2.24, 2.45) is 11.8 Å². The zero-order valence-corrected chi connectivity index (χ0v) is 31.3. The molecule has 0 N–H and O–H groups in total. The van der Waals surface area contributed by atoms with Gasteiger partial charge in [0.25, 0.3) is 0 Å². The van der Waals surface area contributed by atoms with Gasteiger partial charge in [0.05, 0.1) is 25.0 Å². The van der Waals surface area contributed by atoms with E-state index in [9.17, 15) is 14.4 Å². The summed E-state index contributed by atoms with van der Waals surface area (Å²) in [6.07, 6.45) is 10.1. The molecule has 50 heavy (non-hydrogen) atoms. The summed E-state index contributed by atoms with van der Waals surface area (Å²) in [6.45, 7) is 12.4. The van der Waals surface area contributed by atoms with Crippen LogP contribution in [0.25, 0.3) is 10.8 Å². The Balaban J connectivity index is 1.89. The van der Waals surface area contributed by atoms with Gasteiger partial charge in [0.15, 0.2) is 5.78 Å². The van der Waals surface area contributed by atoms with Gasteiger partial charge in [-0.2, -0.15) is 15.2 Å². The highest BCUT2D eigenvalue weighted by Crippen LogP contribution is 2.30. The van der Waals surface area contributed by atoms with Crippen molar-refractivity contribution in [2.75, 3.05) is 38.3 Å². The minimum absolute atomic E-state index is 0.00580. The third kappa shape index (κ3) is 12.8. The molecule has 0 aliphatic rings. The fourth-order valence-electron chi connectivity index (χ4n) is 6.66. The number of fused-ring (bicyclic) bond motifs is 1. The van der Waals surface area contributed by atoms with Crippen molar-refractivity contribution in [2.45, 2.75) is 111 Å². The summed E-state index contributed by atoms with van der Waals surface area (Å²) >= 11 is 0. The number of rotatable bonds is 24. The first-order valence-corrected chi connectivity index (χ1v) is 18.7. The van der Waals surface area contributed by atoms with Gasteiger partial charge in [-0.3, -0.25) is 4.79 Å². The maximum atomic E-state index is 14.1. The topological polar surface area (TPSA) is 88.3 Å². The Kier molecular flexibility index (Phi) is 17.9. The van der Waals surface area contributed by atoms with Gasteiger partial charge in [-0.05, 0) is 105 Å². The molecule has 8 heteroatoms. The first-order valence-electron chi connectivity index (χ1n) is 18.7. The molecule has 0 aliphatic carbocycles. The van der Waals surface area contributed by atoms with Crippen LogP contribution >= 0.6 is 0 Å². The Morgan fingerprint density at radius 3 is 2.56 bits per heavy atom. The van der Waals surface area contributed by atoms with Gasteiger partial charge in [-0.15, -0.1) is 0 Å². The molecule has 0 bridgehead atoms. The fraction of sp³-hybridized carbons (Fsp3) is 0.571. The third-order valence-electron chi connectivity index (χ3n) is 9.32. The van der Waals surface area contributed by atoms with Gasteiger partial charge in [0.1, 0.15) is 12.0 Å². The van der Waals surface area contributed by atoms with Crippen molar-refractivity contribution in [1.29, 1.82) is 5.26 Å². The summed E-state index contributed by atoms with van der Waals surface area (Å²) in [5, 5.41) is 12.4. The lowest BCUT2D eigenvalue weighted by Gasteiger charge is -2.30. The number of aromatic nitrogens is 2. The molecule has 0 saturated carbocycles. The molecule has 1 aromatic heterocycles. The number of nitrogens with zero attached hydrogens (tertiary/aromatic N) is 4. The Hall–Kier alpha value is -3.83.